The van der Waals surface area contributed by atoms with E-state index in [2.05, 4.69) is 31.8 Å². The van der Waals surface area contributed by atoms with E-state index in [1.165, 1.54) is 6.07 Å². The van der Waals surface area contributed by atoms with Crippen molar-refractivity contribution in [1.82, 2.24) is 4.98 Å². The quantitative estimate of drug-likeness (QED) is 0.917. The molecule has 24 heavy (non-hydrogen) atoms. The SMILES string of the molecule is CC(C)(C)C1CN(C(=O)c2cccc(C(=O)O)n2)c2ccccc21. The number of para-hydroxylation sites is 1. The van der Waals surface area contributed by atoms with Gasteiger partial charge in [0.2, 0.25) is 0 Å². The van der Waals surface area contributed by atoms with Crippen molar-refractivity contribution in [2.24, 2.45) is 5.41 Å². The first-order chi connectivity index (χ1) is 11.3. The van der Waals surface area contributed by atoms with E-state index in [9.17, 15) is 9.59 Å². The van der Waals surface area contributed by atoms with Crippen LogP contribution < -0.4 is 4.90 Å². The fourth-order valence-electron chi connectivity index (χ4n) is 3.15. The molecule has 0 fully saturated rings. The first kappa shape index (κ1) is 16.2. The Labute approximate surface area is 140 Å². The third-order valence-electron chi connectivity index (χ3n) is 4.45. The Hall–Kier alpha value is -2.69. The number of anilines is 1. The molecule has 1 aliphatic heterocycles. The summed E-state index contributed by atoms with van der Waals surface area (Å²) >= 11 is 0. The lowest BCUT2D eigenvalue weighted by molar-refractivity contribution is 0.0690. The van der Waals surface area contributed by atoms with Crippen molar-refractivity contribution in [3.05, 3.63) is 59.4 Å². The molecule has 1 unspecified atom stereocenters. The second kappa shape index (κ2) is 5.74. The minimum Gasteiger partial charge on any atom is -0.477 e. The zero-order chi connectivity index (χ0) is 17.5. The first-order valence-electron chi connectivity index (χ1n) is 7.90. The Balaban J connectivity index is 2.00. The first-order valence-corrected chi connectivity index (χ1v) is 7.90. The maximum Gasteiger partial charge on any atom is 0.354 e. The highest BCUT2D eigenvalue weighted by Gasteiger charge is 2.39. The number of carboxylic acid groups (broad SMARTS) is 1. The molecule has 0 spiro atoms. The summed E-state index contributed by atoms with van der Waals surface area (Å²) < 4.78 is 0. The van der Waals surface area contributed by atoms with Crippen LogP contribution >= 0.6 is 0 Å². The van der Waals surface area contributed by atoms with Crippen LogP contribution in [0.3, 0.4) is 0 Å². The highest BCUT2D eigenvalue weighted by Crippen LogP contribution is 2.45. The van der Waals surface area contributed by atoms with Crippen LogP contribution in [0.1, 0.15) is 53.2 Å². The fourth-order valence-corrected chi connectivity index (χ4v) is 3.15. The number of benzene rings is 1. The van der Waals surface area contributed by atoms with Gasteiger partial charge in [-0.25, -0.2) is 9.78 Å². The molecule has 1 aromatic heterocycles. The van der Waals surface area contributed by atoms with Crippen LogP contribution in [-0.4, -0.2) is 28.5 Å². The molecule has 0 saturated carbocycles. The maximum atomic E-state index is 12.9. The minimum absolute atomic E-state index is 0.0154. The summed E-state index contributed by atoms with van der Waals surface area (Å²) in [6, 6.07) is 12.4. The second-order valence-corrected chi connectivity index (χ2v) is 7.11. The Bertz CT molecular complexity index is 808. The molecule has 0 radical (unpaired) electrons. The second-order valence-electron chi connectivity index (χ2n) is 7.11. The molecule has 124 valence electrons. The van der Waals surface area contributed by atoms with E-state index in [4.69, 9.17) is 5.11 Å². The van der Waals surface area contributed by atoms with Gasteiger partial charge in [-0.15, -0.1) is 0 Å². The Kier molecular flexibility index (Phi) is 3.87. The molecule has 1 aliphatic rings. The van der Waals surface area contributed by atoms with Crippen molar-refractivity contribution in [3.8, 4) is 0 Å². The van der Waals surface area contributed by atoms with Gasteiger partial charge in [0.05, 0.1) is 0 Å². The van der Waals surface area contributed by atoms with Gasteiger partial charge in [0.25, 0.3) is 5.91 Å². The van der Waals surface area contributed by atoms with Crippen molar-refractivity contribution < 1.29 is 14.7 Å². The molecule has 2 heterocycles. The molecule has 0 bridgehead atoms. The largest absolute Gasteiger partial charge is 0.477 e. The van der Waals surface area contributed by atoms with Gasteiger partial charge < -0.3 is 10.0 Å². The van der Waals surface area contributed by atoms with Gasteiger partial charge >= 0.3 is 5.97 Å². The molecule has 1 N–H and O–H groups in total. The maximum absolute atomic E-state index is 12.9. The lowest BCUT2D eigenvalue weighted by atomic mass is 9.78. The lowest BCUT2D eigenvalue weighted by Gasteiger charge is -2.27. The van der Waals surface area contributed by atoms with Gasteiger partial charge in [-0.3, -0.25) is 4.79 Å². The van der Waals surface area contributed by atoms with Crippen LogP contribution in [-0.2, 0) is 0 Å². The average Bonchev–Trinajstić information content (AvgIpc) is 2.94. The van der Waals surface area contributed by atoms with Crippen LogP contribution in [0.25, 0.3) is 0 Å². The monoisotopic (exact) mass is 324 g/mol. The van der Waals surface area contributed by atoms with Gasteiger partial charge in [-0.1, -0.05) is 45.0 Å². The summed E-state index contributed by atoms with van der Waals surface area (Å²) in [5.74, 6) is -1.18. The molecule has 1 amide bonds. The average molecular weight is 324 g/mol. The fraction of sp³-hybridized carbons (Fsp3) is 0.316. The zero-order valence-corrected chi connectivity index (χ0v) is 14.0. The number of carboxylic acids is 1. The van der Waals surface area contributed by atoms with Crippen molar-refractivity contribution in [2.45, 2.75) is 26.7 Å². The van der Waals surface area contributed by atoms with Crippen molar-refractivity contribution in [3.63, 3.8) is 0 Å². The number of rotatable bonds is 2. The summed E-state index contributed by atoms with van der Waals surface area (Å²) in [6.45, 7) is 7.05. The highest BCUT2D eigenvalue weighted by atomic mass is 16.4. The van der Waals surface area contributed by atoms with Crippen LogP contribution in [0, 0.1) is 5.41 Å². The minimum atomic E-state index is -1.14. The molecule has 2 aromatic rings. The van der Waals surface area contributed by atoms with Crippen LogP contribution in [0.2, 0.25) is 0 Å². The number of aromatic nitrogens is 1. The molecule has 1 atom stereocenters. The van der Waals surface area contributed by atoms with Crippen LogP contribution in [0.4, 0.5) is 5.69 Å². The highest BCUT2D eigenvalue weighted by molar-refractivity contribution is 6.06. The standard InChI is InChI=1S/C19H20N2O3/c1-19(2,3)13-11-21(16-10-5-4-7-12(13)16)17(22)14-8-6-9-15(20-14)18(23)24/h4-10,13H,11H2,1-3H3,(H,23,24). The van der Waals surface area contributed by atoms with E-state index >= 15 is 0 Å². The number of pyridine rings is 1. The Morgan fingerprint density at radius 1 is 1.08 bits per heavy atom. The molecule has 3 rings (SSSR count). The molecule has 5 nitrogen and oxygen atoms in total. The van der Waals surface area contributed by atoms with E-state index in [0.717, 1.165) is 11.3 Å². The normalized spacial score (nSPS) is 16.8. The molecule has 0 aliphatic carbocycles. The van der Waals surface area contributed by atoms with Gasteiger partial charge in [-0.2, -0.15) is 0 Å². The number of fused-ring (bicyclic) bond motifs is 1. The molecular weight excluding hydrogens is 304 g/mol. The smallest absolute Gasteiger partial charge is 0.354 e. The number of aromatic carboxylic acids is 1. The van der Waals surface area contributed by atoms with Crippen LogP contribution in [0.15, 0.2) is 42.5 Å². The summed E-state index contributed by atoms with van der Waals surface area (Å²) in [7, 11) is 0. The zero-order valence-electron chi connectivity index (χ0n) is 14.0. The van der Waals surface area contributed by atoms with E-state index in [0.29, 0.717) is 6.54 Å². The van der Waals surface area contributed by atoms with E-state index in [-0.39, 0.29) is 28.6 Å². The summed E-state index contributed by atoms with van der Waals surface area (Å²) in [6.07, 6.45) is 0. The lowest BCUT2D eigenvalue weighted by Crippen LogP contribution is -2.33. The number of nitrogens with zero attached hydrogens (tertiary/aromatic N) is 2. The van der Waals surface area contributed by atoms with E-state index in [1.807, 2.05) is 18.2 Å². The number of hydrogen-bond donors (Lipinski definition) is 1. The molecular formula is C19H20N2O3. The third-order valence-corrected chi connectivity index (χ3v) is 4.45. The Morgan fingerprint density at radius 2 is 1.75 bits per heavy atom. The van der Waals surface area contributed by atoms with Crippen molar-refractivity contribution in [1.29, 1.82) is 0 Å². The summed E-state index contributed by atoms with van der Waals surface area (Å²) in [5, 5.41) is 9.08. The van der Waals surface area contributed by atoms with Crippen LogP contribution in [0.5, 0.6) is 0 Å². The van der Waals surface area contributed by atoms with Gasteiger partial charge in [-0.05, 0) is 29.2 Å². The third kappa shape index (κ3) is 2.77. The topological polar surface area (TPSA) is 70.5 Å². The van der Waals surface area contributed by atoms with Gasteiger partial charge in [0.1, 0.15) is 11.4 Å². The predicted molar refractivity (Wildman–Crippen MR) is 91.5 cm³/mol. The molecule has 5 heteroatoms. The Morgan fingerprint density at radius 3 is 2.42 bits per heavy atom. The molecule has 0 saturated heterocycles. The number of amides is 1. The number of carbonyl (C=O) groups excluding carboxylic acids is 1. The van der Waals surface area contributed by atoms with E-state index in [1.54, 1.807) is 17.0 Å². The van der Waals surface area contributed by atoms with Crippen molar-refractivity contribution in [2.75, 3.05) is 11.4 Å². The van der Waals surface area contributed by atoms with Crippen molar-refractivity contribution >= 4 is 17.6 Å². The summed E-state index contributed by atoms with van der Waals surface area (Å²) in [4.78, 5) is 29.7. The van der Waals surface area contributed by atoms with E-state index < -0.39 is 5.97 Å². The van der Waals surface area contributed by atoms with Gasteiger partial charge in [0.15, 0.2) is 0 Å². The predicted octanol–water partition coefficient (Wildman–Crippen LogP) is 3.57. The number of carbonyl (C=O) groups is 2. The summed E-state index contributed by atoms with van der Waals surface area (Å²) in [5.41, 5.74) is 2.07. The van der Waals surface area contributed by atoms with Gasteiger partial charge in [0, 0.05) is 18.2 Å². The molecule has 1 aromatic carbocycles. The number of hydrogen-bond acceptors (Lipinski definition) is 3.